The maximum atomic E-state index is 12.2. The Morgan fingerprint density at radius 1 is 1.26 bits per heavy atom. The van der Waals surface area contributed by atoms with Gasteiger partial charge in [0.2, 0.25) is 5.91 Å². The van der Waals surface area contributed by atoms with E-state index in [2.05, 4.69) is 4.98 Å². The molecule has 0 spiro atoms. The quantitative estimate of drug-likeness (QED) is 0.768. The maximum Gasteiger partial charge on any atom is 0.235 e. The average Bonchev–Trinajstić information content (AvgIpc) is 2.89. The largest absolute Gasteiger partial charge is 0.319 e. The third kappa shape index (κ3) is 3.51. The molecule has 1 aromatic carbocycles. The summed E-state index contributed by atoms with van der Waals surface area (Å²) in [6.07, 6.45) is 4.97. The zero-order valence-corrected chi connectivity index (χ0v) is 10.7. The molecule has 0 saturated carbocycles. The van der Waals surface area contributed by atoms with E-state index in [-0.39, 0.29) is 18.1 Å². The van der Waals surface area contributed by atoms with Gasteiger partial charge in [-0.3, -0.25) is 14.5 Å². The van der Waals surface area contributed by atoms with Crippen LogP contribution in [-0.4, -0.2) is 21.2 Å². The number of ketones is 1. The number of benzene rings is 1. The number of carbonyl (C=O) groups is 2. The van der Waals surface area contributed by atoms with Crippen LogP contribution in [0.25, 0.3) is 0 Å². The summed E-state index contributed by atoms with van der Waals surface area (Å²) in [5.41, 5.74) is 0.766. The summed E-state index contributed by atoms with van der Waals surface area (Å²) in [5.74, 6) is -0.357. The van der Waals surface area contributed by atoms with Gasteiger partial charge in [0.05, 0.1) is 12.7 Å². The molecular formula is C14H15N3O2. The van der Waals surface area contributed by atoms with Crippen LogP contribution in [-0.2, 0) is 16.3 Å². The van der Waals surface area contributed by atoms with Crippen molar-refractivity contribution < 1.29 is 9.59 Å². The molecule has 0 aliphatic rings. The van der Waals surface area contributed by atoms with Gasteiger partial charge in [0, 0.05) is 18.1 Å². The predicted molar refractivity (Wildman–Crippen MR) is 71.5 cm³/mol. The molecular weight excluding hydrogens is 242 g/mol. The number of imidazole rings is 1. The number of hydrogen-bond donors (Lipinski definition) is 0. The van der Waals surface area contributed by atoms with Gasteiger partial charge in [0.1, 0.15) is 12.5 Å². The van der Waals surface area contributed by atoms with Crippen LogP contribution >= 0.6 is 0 Å². The molecule has 2 aromatic rings. The molecule has 0 N–H and O–H groups in total. The summed E-state index contributed by atoms with van der Waals surface area (Å²) in [5, 5.41) is 0. The molecule has 1 aromatic heterocycles. The van der Waals surface area contributed by atoms with E-state index in [0.29, 0.717) is 6.67 Å². The minimum atomic E-state index is -0.215. The normalized spacial score (nSPS) is 10.2. The second-order valence-electron chi connectivity index (χ2n) is 4.25. The summed E-state index contributed by atoms with van der Waals surface area (Å²) in [7, 11) is 0. The Morgan fingerprint density at radius 3 is 2.58 bits per heavy atom. The molecule has 0 aliphatic carbocycles. The number of Topliss-reactive ketones (excluding diaryl/α,β-unsaturated/α-hetero) is 1. The van der Waals surface area contributed by atoms with Gasteiger partial charge in [-0.05, 0) is 19.1 Å². The van der Waals surface area contributed by atoms with E-state index in [0.717, 1.165) is 5.69 Å². The molecule has 0 fully saturated rings. The van der Waals surface area contributed by atoms with Crippen LogP contribution < -0.4 is 4.90 Å². The highest BCUT2D eigenvalue weighted by Gasteiger charge is 2.17. The van der Waals surface area contributed by atoms with Gasteiger partial charge in [-0.15, -0.1) is 0 Å². The van der Waals surface area contributed by atoms with Crippen LogP contribution in [0.2, 0.25) is 0 Å². The van der Waals surface area contributed by atoms with E-state index in [9.17, 15) is 9.59 Å². The van der Waals surface area contributed by atoms with E-state index in [1.807, 2.05) is 30.3 Å². The van der Waals surface area contributed by atoms with Gasteiger partial charge < -0.3 is 4.57 Å². The number of rotatable bonds is 5. The molecule has 0 saturated heterocycles. The fourth-order valence-corrected chi connectivity index (χ4v) is 1.75. The summed E-state index contributed by atoms with van der Waals surface area (Å²) >= 11 is 0. The van der Waals surface area contributed by atoms with Crippen molar-refractivity contribution >= 4 is 17.4 Å². The van der Waals surface area contributed by atoms with Gasteiger partial charge in [-0.25, -0.2) is 4.98 Å². The van der Waals surface area contributed by atoms with Crippen molar-refractivity contribution in [2.24, 2.45) is 0 Å². The zero-order valence-electron chi connectivity index (χ0n) is 10.7. The highest BCUT2D eigenvalue weighted by Crippen LogP contribution is 2.15. The minimum Gasteiger partial charge on any atom is -0.319 e. The van der Waals surface area contributed by atoms with Gasteiger partial charge in [0.15, 0.2) is 0 Å². The predicted octanol–water partition coefficient (Wildman–Crippen LogP) is 1.85. The number of hydrogen-bond acceptors (Lipinski definition) is 3. The first kappa shape index (κ1) is 13.0. The lowest BCUT2D eigenvalue weighted by Gasteiger charge is -2.22. The van der Waals surface area contributed by atoms with Crippen LogP contribution in [0.15, 0.2) is 49.1 Å². The summed E-state index contributed by atoms with van der Waals surface area (Å²) < 4.78 is 1.78. The number of amides is 1. The number of aromatic nitrogens is 2. The second-order valence-corrected chi connectivity index (χ2v) is 4.25. The van der Waals surface area contributed by atoms with E-state index in [1.54, 1.807) is 28.2 Å². The first-order valence-corrected chi connectivity index (χ1v) is 5.97. The molecule has 0 radical (unpaired) electrons. The second kappa shape index (κ2) is 5.95. The van der Waals surface area contributed by atoms with Gasteiger partial charge in [-0.1, -0.05) is 18.2 Å². The van der Waals surface area contributed by atoms with Crippen molar-refractivity contribution in [3.05, 3.63) is 49.1 Å². The Balaban J connectivity index is 2.23. The fourth-order valence-electron chi connectivity index (χ4n) is 1.75. The zero-order chi connectivity index (χ0) is 13.7. The maximum absolute atomic E-state index is 12.2. The van der Waals surface area contributed by atoms with Crippen molar-refractivity contribution in [2.45, 2.75) is 20.0 Å². The van der Waals surface area contributed by atoms with Crippen LogP contribution in [0.3, 0.4) is 0 Å². The van der Waals surface area contributed by atoms with E-state index in [1.165, 1.54) is 6.92 Å². The van der Waals surface area contributed by atoms with Crippen LogP contribution in [0.4, 0.5) is 5.69 Å². The molecule has 1 heterocycles. The summed E-state index contributed by atoms with van der Waals surface area (Å²) in [6.45, 7) is 1.76. The van der Waals surface area contributed by atoms with Crippen LogP contribution in [0.1, 0.15) is 13.3 Å². The SMILES string of the molecule is CC(=O)CC(=O)N(Cn1ccnc1)c1ccccc1. The average molecular weight is 257 g/mol. The lowest BCUT2D eigenvalue weighted by atomic mass is 10.2. The van der Waals surface area contributed by atoms with Crippen molar-refractivity contribution in [3.63, 3.8) is 0 Å². The Kier molecular flexibility index (Phi) is 4.07. The number of nitrogens with zero attached hydrogens (tertiary/aromatic N) is 3. The van der Waals surface area contributed by atoms with Crippen molar-refractivity contribution in [3.8, 4) is 0 Å². The van der Waals surface area contributed by atoms with E-state index >= 15 is 0 Å². The van der Waals surface area contributed by atoms with Gasteiger partial charge >= 0.3 is 0 Å². The Labute approximate surface area is 111 Å². The Bertz CT molecular complexity index is 549. The Hall–Kier alpha value is -2.43. The summed E-state index contributed by atoms with van der Waals surface area (Å²) in [6, 6.07) is 9.28. The number of anilines is 1. The highest BCUT2D eigenvalue weighted by atomic mass is 16.2. The molecule has 5 heteroatoms. The van der Waals surface area contributed by atoms with Crippen molar-refractivity contribution in [1.82, 2.24) is 9.55 Å². The summed E-state index contributed by atoms with van der Waals surface area (Å²) in [4.78, 5) is 28.8. The molecule has 2 rings (SSSR count). The standard InChI is InChI=1S/C14H15N3O2/c1-12(18)9-14(19)17(11-16-8-7-15-10-16)13-5-3-2-4-6-13/h2-8,10H,9,11H2,1H3. The molecule has 5 nitrogen and oxygen atoms in total. The van der Waals surface area contributed by atoms with E-state index in [4.69, 9.17) is 0 Å². The van der Waals surface area contributed by atoms with Gasteiger partial charge in [-0.2, -0.15) is 0 Å². The molecule has 0 atom stereocenters. The monoisotopic (exact) mass is 257 g/mol. The first-order valence-electron chi connectivity index (χ1n) is 5.97. The molecule has 0 unspecified atom stereocenters. The Morgan fingerprint density at radius 2 is 2.00 bits per heavy atom. The molecule has 1 amide bonds. The third-order valence-corrected chi connectivity index (χ3v) is 2.63. The molecule has 19 heavy (non-hydrogen) atoms. The molecule has 0 aliphatic heterocycles. The van der Waals surface area contributed by atoms with Gasteiger partial charge in [0.25, 0.3) is 0 Å². The molecule has 0 bridgehead atoms. The number of para-hydroxylation sites is 1. The van der Waals surface area contributed by atoms with Crippen LogP contribution in [0, 0.1) is 0 Å². The third-order valence-electron chi connectivity index (χ3n) is 2.63. The topological polar surface area (TPSA) is 55.2 Å². The smallest absolute Gasteiger partial charge is 0.235 e. The highest BCUT2D eigenvalue weighted by molar-refractivity contribution is 6.04. The first-order chi connectivity index (χ1) is 9.16. The van der Waals surface area contributed by atoms with Crippen molar-refractivity contribution in [1.29, 1.82) is 0 Å². The minimum absolute atomic E-state index is 0.0937. The van der Waals surface area contributed by atoms with Crippen molar-refractivity contribution in [2.75, 3.05) is 4.90 Å². The van der Waals surface area contributed by atoms with Crippen LogP contribution in [0.5, 0.6) is 0 Å². The fraction of sp³-hybridized carbons (Fsp3) is 0.214. The lowest BCUT2D eigenvalue weighted by Crippen LogP contribution is -2.33. The van der Waals surface area contributed by atoms with E-state index < -0.39 is 0 Å². The number of carbonyl (C=O) groups excluding carboxylic acids is 2. The lowest BCUT2D eigenvalue weighted by molar-refractivity contribution is -0.125. The molecule has 98 valence electrons.